The van der Waals surface area contributed by atoms with Crippen LogP contribution >= 0.6 is 0 Å². The Kier molecular flexibility index (Phi) is 2.49. The number of hydrogen-bond donors (Lipinski definition) is 2. The van der Waals surface area contributed by atoms with Crippen LogP contribution in [0.2, 0.25) is 0 Å². The summed E-state index contributed by atoms with van der Waals surface area (Å²) in [6.07, 6.45) is 2.15. The summed E-state index contributed by atoms with van der Waals surface area (Å²) in [5.74, 6) is 0.805. The van der Waals surface area contributed by atoms with Crippen molar-refractivity contribution < 1.29 is 0 Å². The van der Waals surface area contributed by atoms with E-state index in [0.29, 0.717) is 0 Å². The van der Waals surface area contributed by atoms with E-state index in [0.717, 1.165) is 31.7 Å². The molecule has 2 heterocycles. The molecule has 76 valence electrons. The van der Waals surface area contributed by atoms with E-state index < -0.39 is 0 Å². The van der Waals surface area contributed by atoms with Gasteiger partial charge in [0, 0.05) is 25.2 Å². The Balaban J connectivity index is 2.14. The molecule has 0 aromatic carbocycles. The molecule has 1 atom stereocenters. The topological polar surface area (TPSA) is 75.0 Å². The van der Waals surface area contributed by atoms with Gasteiger partial charge in [-0.1, -0.05) is 0 Å². The van der Waals surface area contributed by atoms with Crippen LogP contribution in [0.25, 0.3) is 0 Å². The van der Waals surface area contributed by atoms with Crippen molar-refractivity contribution in [2.45, 2.75) is 18.9 Å². The summed E-state index contributed by atoms with van der Waals surface area (Å²) in [7, 11) is 0. The van der Waals surface area contributed by atoms with Crippen LogP contribution in [0.15, 0.2) is 16.9 Å². The van der Waals surface area contributed by atoms with Gasteiger partial charge in [0.25, 0.3) is 5.56 Å². The highest BCUT2D eigenvalue weighted by molar-refractivity contribution is 5.37. The molecule has 0 aliphatic carbocycles. The maximum atomic E-state index is 10.8. The molecule has 3 N–H and O–H groups in total. The summed E-state index contributed by atoms with van der Waals surface area (Å²) in [5, 5.41) is 6.39. The Bertz CT molecular complexity index is 342. The van der Waals surface area contributed by atoms with Crippen molar-refractivity contribution in [2.24, 2.45) is 5.73 Å². The summed E-state index contributed by atoms with van der Waals surface area (Å²) < 4.78 is 0. The second-order valence-electron chi connectivity index (χ2n) is 3.63. The van der Waals surface area contributed by atoms with Gasteiger partial charge in [-0.15, -0.1) is 0 Å². The fraction of sp³-hybridized carbons (Fsp3) is 0.556. The lowest BCUT2D eigenvalue weighted by Gasteiger charge is -2.31. The smallest absolute Gasteiger partial charge is 0.264 e. The van der Waals surface area contributed by atoms with Crippen LogP contribution < -0.4 is 16.2 Å². The SMILES string of the molecule is N[C@H]1CCCN(c2ccc(=O)[nH]n2)C1. The van der Waals surface area contributed by atoms with E-state index in [-0.39, 0.29) is 11.6 Å². The van der Waals surface area contributed by atoms with Crippen molar-refractivity contribution in [3.05, 3.63) is 22.5 Å². The third kappa shape index (κ3) is 1.93. The summed E-state index contributed by atoms with van der Waals surface area (Å²) in [5.41, 5.74) is 5.68. The monoisotopic (exact) mass is 194 g/mol. The van der Waals surface area contributed by atoms with Gasteiger partial charge in [-0.3, -0.25) is 4.79 Å². The number of aromatic nitrogens is 2. The van der Waals surface area contributed by atoms with Gasteiger partial charge in [0.05, 0.1) is 0 Å². The molecule has 0 saturated carbocycles. The minimum Gasteiger partial charge on any atom is -0.354 e. The van der Waals surface area contributed by atoms with Gasteiger partial charge in [-0.05, 0) is 18.9 Å². The van der Waals surface area contributed by atoms with Gasteiger partial charge in [-0.25, -0.2) is 5.10 Å². The van der Waals surface area contributed by atoms with E-state index >= 15 is 0 Å². The molecular weight excluding hydrogens is 180 g/mol. The second kappa shape index (κ2) is 3.79. The first-order valence-electron chi connectivity index (χ1n) is 4.82. The van der Waals surface area contributed by atoms with Crippen molar-refractivity contribution in [3.8, 4) is 0 Å². The lowest BCUT2D eigenvalue weighted by Crippen LogP contribution is -2.43. The van der Waals surface area contributed by atoms with Gasteiger partial charge >= 0.3 is 0 Å². The van der Waals surface area contributed by atoms with Gasteiger partial charge in [0.15, 0.2) is 0 Å². The zero-order chi connectivity index (χ0) is 9.97. The summed E-state index contributed by atoms with van der Waals surface area (Å²) >= 11 is 0. The molecule has 1 aliphatic heterocycles. The molecule has 0 unspecified atom stereocenters. The average Bonchev–Trinajstić information content (AvgIpc) is 2.19. The third-order valence-corrected chi connectivity index (χ3v) is 2.45. The van der Waals surface area contributed by atoms with Crippen molar-refractivity contribution in [1.29, 1.82) is 0 Å². The lowest BCUT2D eigenvalue weighted by atomic mass is 10.1. The van der Waals surface area contributed by atoms with Crippen molar-refractivity contribution in [3.63, 3.8) is 0 Å². The predicted octanol–water partition coefficient (Wildman–Crippen LogP) is -0.303. The average molecular weight is 194 g/mol. The highest BCUT2D eigenvalue weighted by Crippen LogP contribution is 2.14. The van der Waals surface area contributed by atoms with Crippen LogP contribution in [0.4, 0.5) is 5.82 Å². The summed E-state index contributed by atoms with van der Waals surface area (Å²) in [6.45, 7) is 1.78. The first-order chi connectivity index (χ1) is 6.75. The number of nitrogens with zero attached hydrogens (tertiary/aromatic N) is 2. The number of piperidine rings is 1. The van der Waals surface area contributed by atoms with Crippen molar-refractivity contribution in [1.82, 2.24) is 10.2 Å². The van der Waals surface area contributed by atoms with Crippen molar-refractivity contribution >= 4 is 5.82 Å². The Hall–Kier alpha value is -1.36. The van der Waals surface area contributed by atoms with Crippen LogP contribution in [-0.2, 0) is 0 Å². The zero-order valence-corrected chi connectivity index (χ0v) is 7.94. The molecular formula is C9H14N4O. The lowest BCUT2D eigenvalue weighted by molar-refractivity contribution is 0.502. The van der Waals surface area contributed by atoms with Crippen LogP contribution in [0, 0.1) is 0 Å². The molecule has 2 rings (SSSR count). The van der Waals surface area contributed by atoms with E-state index in [1.807, 2.05) is 0 Å². The number of H-pyrrole nitrogens is 1. The summed E-state index contributed by atoms with van der Waals surface area (Å²) in [4.78, 5) is 12.9. The van der Waals surface area contributed by atoms with E-state index in [1.165, 1.54) is 6.07 Å². The fourth-order valence-corrected chi connectivity index (χ4v) is 1.73. The summed E-state index contributed by atoms with van der Waals surface area (Å²) in [6, 6.07) is 3.44. The Labute approximate surface area is 81.9 Å². The molecule has 5 heteroatoms. The molecule has 0 amide bonds. The molecule has 14 heavy (non-hydrogen) atoms. The molecule has 0 radical (unpaired) electrons. The fourth-order valence-electron chi connectivity index (χ4n) is 1.73. The van der Waals surface area contributed by atoms with Crippen LogP contribution in [0.1, 0.15) is 12.8 Å². The Morgan fingerprint density at radius 1 is 1.57 bits per heavy atom. The number of anilines is 1. The minimum atomic E-state index is -0.171. The van der Waals surface area contributed by atoms with Crippen LogP contribution in [0.5, 0.6) is 0 Å². The van der Waals surface area contributed by atoms with E-state index in [9.17, 15) is 4.79 Å². The van der Waals surface area contributed by atoms with Gasteiger partial charge < -0.3 is 10.6 Å². The largest absolute Gasteiger partial charge is 0.354 e. The quantitative estimate of drug-likeness (QED) is 0.643. The second-order valence-corrected chi connectivity index (χ2v) is 3.63. The maximum Gasteiger partial charge on any atom is 0.264 e. The molecule has 0 bridgehead atoms. The highest BCUT2D eigenvalue weighted by Gasteiger charge is 2.17. The van der Waals surface area contributed by atoms with Crippen molar-refractivity contribution in [2.75, 3.05) is 18.0 Å². The molecule has 1 aromatic rings. The predicted molar refractivity (Wildman–Crippen MR) is 54.3 cm³/mol. The van der Waals surface area contributed by atoms with E-state index in [2.05, 4.69) is 15.1 Å². The van der Waals surface area contributed by atoms with Gasteiger partial charge in [0.2, 0.25) is 0 Å². The number of aromatic amines is 1. The maximum absolute atomic E-state index is 10.8. The third-order valence-electron chi connectivity index (χ3n) is 2.45. The van der Waals surface area contributed by atoms with Gasteiger partial charge in [-0.2, -0.15) is 5.10 Å². The van der Waals surface area contributed by atoms with E-state index in [1.54, 1.807) is 6.07 Å². The van der Waals surface area contributed by atoms with Crippen LogP contribution in [0.3, 0.4) is 0 Å². The normalized spacial score (nSPS) is 22.4. The number of hydrogen-bond acceptors (Lipinski definition) is 4. The number of rotatable bonds is 1. The van der Waals surface area contributed by atoms with Crippen LogP contribution in [-0.4, -0.2) is 29.3 Å². The minimum absolute atomic E-state index is 0.171. The molecule has 1 aliphatic rings. The number of nitrogens with one attached hydrogen (secondary N) is 1. The first kappa shape index (κ1) is 9.21. The van der Waals surface area contributed by atoms with E-state index in [4.69, 9.17) is 5.73 Å². The standard InChI is InChI=1S/C9H14N4O/c10-7-2-1-5-13(6-7)8-3-4-9(14)12-11-8/h3-4,7H,1-2,5-6,10H2,(H,12,14)/t7-/m0/s1. The Morgan fingerprint density at radius 2 is 2.43 bits per heavy atom. The molecule has 5 nitrogen and oxygen atoms in total. The number of nitrogens with two attached hydrogens (primary N) is 1. The molecule has 1 saturated heterocycles. The van der Waals surface area contributed by atoms with Gasteiger partial charge in [0.1, 0.15) is 5.82 Å². The zero-order valence-electron chi connectivity index (χ0n) is 7.94. The molecule has 1 aromatic heterocycles. The molecule has 1 fully saturated rings. The first-order valence-corrected chi connectivity index (χ1v) is 4.82. The molecule has 0 spiro atoms. The highest BCUT2D eigenvalue weighted by atomic mass is 16.1. The Morgan fingerprint density at radius 3 is 3.07 bits per heavy atom.